The highest BCUT2D eigenvalue weighted by Gasteiger charge is 2.33. The Morgan fingerprint density at radius 3 is 2.56 bits per heavy atom. The maximum atomic E-state index is 12.5. The fourth-order valence-electron chi connectivity index (χ4n) is 1.10. The van der Waals surface area contributed by atoms with Crippen LogP contribution < -0.4 is 11.2 Å². The Bertz CT molecular complexity index is 379. The Balaban J connectivity index is 2.92. The molecule has 1 aromatic carbocycles. The van der Waals surface area contributed by atoms with Gasteiger partial charge in [-0.1, -0.05) is 12.1 Å². The largest absolute Gasteiger partial charge is 0.418 e. The van der Waals surface area contributed by atoms with Gasteiger partial charge in [-0.25, -0.2) is 5.90 Å². The third kappa shape index (κ3) is 3.21. The van der Waals surface area contributed by atoms with E-state index in [9.17, 15) is 18.0 Å². The van der Waals surface area contributed by atoms with Gasteiger partial charge < -0.3 is 5.32 Å². The van der Waals surface area contributed by atoms with Crippen LogP contribution in [0, 0.1) is 0 Å². The van der Waals surface area contributed by atoms with Crippen LogP contribution in [0.5, 0.6) is 0 Å². The second-order valence-electron chi connectivity index (χ2n) is 2.90. The van der Waals surface area contributed by atoms with Crippen molar-refractivity contribution in [1.29, 1.82) is 0 Å². The number of nitrogens with one attached hydrogen (secondary N) is 1. The van der Waals surface area contributed by atoms with Crippen LogP contribution in [-0.4, -0.2) is 12.5 Å². The number of hydrogen-bond donors (Lipinski definition) is 2. The molecule has 4 nitrogen and oxygen atoms in total. The van der Waals surface area contributed by atoms with Gasteiger partial charge >= 0.3 is 6.18 Å². The van der Waals surface area contributed by atoms with Crippen molar-refractivity contribution in [3.05, 3.63) is 29.8 Å². The maximum absolute atomic E-state index is 12.5. The molecule has 0 atom stereocenters. The van der Waals surface area contributed by atoms with E-state index in [0.29, 0.717) is 0 Å². The minimum atomic E-state index is -4.52. The van der Waals surface area contributed by atoms with Gasteiger partial charge in [0, 0.05) is 0 Å². The third-order valence-corrected chi connectivity index (χ3v) is 1.72. The van der Waals surface area contributed by atoms with Crippen LogP contribution in [0.4, 0.5) is 18.9 Å². The van der Waals surface area contributed by atoms with Crippen LogP contribution in [0.15, 0.2) is 24.3 Å². The molecule has 1 rings (SSSR count). The number of anilines is 1. The molecule has 0 aliphatic heterocycles. The van der Waals surface area contributed by atoms with Crippen molar-refractivity contribution >= 4 is 11.6 Å². The SMILES string of the molecule is NOCC(=O)Nc1ccccc1C(F)(F)F. The number of carbonyl (C=O) groups is 1. The second-order valence-corrected chi connectivity index (χ2v) is 2.90. The van der Waals surface area contributed by atoms with Crippen molar-refractivity contribution in [3.8, 4) is 0 Å². The van der Waals surface area contributed by atoms with E-state index in [1.165, 1.54) is 12.1 Å². The monoisotopic (exact) mass is 234 g/mol. The normalized spacial score (nSPS) is 11.2. The van der Waals surface area contributed by atoms with Crippen LogP contribution >= 0.6 is 0 Å². The predicted molar refractivity (Wildman–Crippen MR) is 50.2 cm³/mol. The number of alkyl halides is 3. The van der Waals surface area contributed by atoms with Crippen LogP contribution in [-0.2, 0) is 15.8 Å². The maximum Gasteiger partial charge on any atom is 0.418 e. The van der Waals surface area contributed by atoms with Gasteiger partial charge in [0.05, 0.1) is 11.3 Å². The lowest BCUT2D eigenvalue weighted by Crippen LogP contribution is -2.22. The first kappa shape index (κ1) is 12.5. The summed E-state index contributed by atoms with van der Waals surface area (Å²) in [6, 6.07) is 4.64. The summed E-state index contributed by atoms with van der Waals surface area (Å²) < 4.78 is 37.4. The lowest BCUT2D eigenvalue weighted by molar-refractivity contribution is -0.137. The highest BCUT2D eigenvalue weighted by molar-refractivity contribution is 5.92. The van der Waals surface area contributed by atoms with Gasteiger partial charge in [-0.15, -0.1) is 0 Å². The molecule has 0 heterocycles. The van der Waals surface area contributed by atoms with E-state index in [-0.39, 0.29) is 5.69 Å². The zero-order chi connectivity index (χ0) is 12.2. The molecule has 0 aliphatic rings. The zero-order valence-corrected chi connectivity index (χ0v) is 8.04. The first-order valence-corrected chi connectivity index (χ1v) is 4.23. The van der Waals surface area contributed by atoms with Crippen LogP contribution in [0.25, 0.3) is 0 Å². The van der Waals surface area contributed by atoms with Crippen LogP contribution in [0.3, 0.4) is 0 Å². The molecule has 0 fully saturated rings. The number of para-hydroxylation sites is 1. The highest BCUT2D eigenvalue weighted by Crippen LogP contribution is 2.34. The minimum absolute atomic E-state index is 0.322. The molecule has 0 saturated heterocycles. The summed E-state index contributed by atoms with van der Waals surface area (Å²) in [5.41, 5.74) is -1.24. The molecule has 0 aromatic heterocycles. The number of benzene rings is 1. The molecule has 1 amide bonds. The van der Waals surface area contributed by atoms with Crippen molar-refractivity contribution in [3.63, 3.8) is 0 Å². The summed E-state index contributed by atoms with van der Waals surface area (Å²) in [5, 5.41) is 2.05. The Morgan fingerprint density at radius 1 is 1.38 bits per heavy atom. The number of rotatable bonds is 3. The molecule has 1 aromatic rings. The van der Waals surface area contributed by atoms with Crippen molar-refractivity contribution in [2.24, 2.45) is 5.90 Å². The van der Waals surface area contributed by atoms with E-state index in [0.717, 1.165) is 12.1 Å². The van der Waals surface area contributed by atoms with Crippen LogP contribution in [0.1, 0.15) is 5.56 Å². The van der Waals surface area contributed by atoms with E-state index in [4.69, 9.17) is 0 Å². The number of amides is 1. The Morgan fingerprint density at radius 2 is 2.00 bits per heavy atom. The molecule has 0 saturated carbocycles. The molecule has 0 bridgehead atoms. The standard InChI is InChI=1S/C9H9F3N2O2/c10-9(11,12)6-3-1-2-4-7(6)14-8(15)5-16-13/h1-4H,5,13H2,(H,14,15). The molecule has 0 spiro atoms. The van der Waals surface area contributed by atoms with Crippen molar-refractivity contribution in [1.82, 2.24) is 0 Å². The smallest absolute Gasteiger partial charge is 0.323 e. The fraction of sp³-hybridized carbons (Fsp3) is 0.222. The van der Waals surface area contributed by atoms with Gasteiger partial charge in [-0.3, -0.25) is 9.63 Å². The van der Waals surface area contributed by atoms with Crippen molar-refractivity contribution in [2.75, 3.05) is 11.9 Å². The fourth-order valence-corrected chi connectivity index (χ4v) is 1.10. The molecule has 0 unspecified atom stereocenters. The van der Waals surface area contributed by atoms with Gasteiger partial charge in [-0.2, -0.15) is 13.2 Å². The van der Waals surface area contributed by atoms with Gasteiger partial charge in [0.15, 0.2) is 0 Å². The van der Waals surface area contributed by atoms with Gasteiger partial charge in [-0.05, 0) is 12.1 Å². The summed E-state index contributed by atoms with van der Waals surface area (Å²) in [4.78, 5) is 15.0. The lowest BCUT2D eigenvalue weighted by atomic mass is 10.1. The molecule has 88 valence electrons. The average molecular weight is 234 g/mol. The first-order valence-electron chi connectivity index (χ1n) is 4.23. The number of carbonyl (C=O) groups excluding carboxylic acids is 1. The van der Waals surface area contributed by atoms with E-state index in [2.05, 4.69) is 16.1 Å². The summed E-state index contributed by atoms with van der Waals surface area (Å²) >= 11 is 0. The van der Waals surface area contributed by atoms with Gasteiger partial charge in [0.1, 0.15) is 6.61 Å². The summed E-state index contributed by atoms with van der Waals surface area (Å²) in [7, 11) is 0. The summed E-state index contributed by atoms with van der Waals surface area (Å²) in [5.74, 6) is 3.87. The third-order valence-electron chi connectivity index (χ3n) is 1.72. The van der Waals surface area contributed by atoms with Gasteiger partial charge in [0.2, 0.25) is 0 Å². The molecule has 3 N–H and O–H groups in total. The molecular formula is C9H9F3N2O2. The quantitative estimate of drug-likeness (QED) is 0.779. The Labute approximate surface area is 89.1 Å². The van der Waals surface area contributed by atoms with Crippen LogP contribution in [0.2, 0.25) is 0 Å². The van der Waals surface area contributed by atoms with Crippen molar-refractivity contribution in [2.45, 2.75) is 6.18 Å². The minimum Gasteiger partial charge on any atom is -0.323 e. The first-order chi connectivity index (χ1) is 7.45. The highest BCUT2D eigenvalue weighted by atomic mass is 19.4. The van der Waals surface area contributed by atoms with E-state index in [1.807, 2.05) is 0 Å². The van der Waals surface area contributed by atoms with E-state index < -0.39 is 24.3 Å². The second kappa shape index (κ2) is 4.95. The Hall–Kier alpha value is -1.60. The summed E-state index contributed by atoms with van der Waals surface area (Å²) in [6.45, 7) is -0.508. The number of halogens is 3. The number of nitrogens with two attached hydrogens (primary N) is 1. The van der Waals surface area contributed by atoms with E-state index >= 15 is 0 Å². The van der Waals surface area contributed by atoms with E-state index in [1.54, 1.807) is 0 Å². The number of hydrogen-bond acceptors (Lipinski definition) is 3. The molecule has 0 radical (unpaired) electrons. The molecular weight excluding hydrogens is 225 g/mol. The molecule has 0 aliphatic carbocycles. The Kier molecular flexibility index (Phi) is 3.86. The zero-order valence-electron chi connectivity index (χ0n) is 8.04. The topological polar surface area (TPSA) is 64.3 Å². The van der Waals surface area contributed by atoms with Gasteiger partial charge in [0.25, 0.3) is 5.91 Å². The predicted octanol–water partition coefficient (Wildman–Crippen LogP) is 1.53. The molecule has 7 heteroatoms. The average Bonchev–Trinajstić information content (AvgIpc) is 2.17. The lowest BCUT2D eigenvalue weighted by Gasteiger charge is -2.12. The summed E-state index contributed by atoms with van der Waals surface area (Å²) in [6.07, 6.45) is -4.52. The van der Waals surface area contributed by atoms with Crippen molar-refractivity contribution < 1.29 is 22.8 Å². The molecule has 16 heavy (non-hydrogen) atoms.